The molecule has 1 aromatic carbocycles. The summed E-state index contributed by atoms with van der Waals surface area (Å²) in [4.78, 5) is 0. The molecule has 0 saturated carbocycles. The first-order valence-corrected chi connectivity index (χ1v) is 6.60. The molecule has 94 valence electrons. The summed E-state index contributed by atoms with van der Waals surface area (Å²) in [5, 5.41) is 3.40. The zero-order valence-corrected chi connectivity index (χ0v) is 12.1. The minimum absolute atomic E-state index is 0.575. The molecule has 0 aliphatic carbocycles. The van der Waals surface area contributed by atoms with Crippen molar-refractivity contribution in [1.82, 2.24) is 5.32 Å². The van der Waals surface area contributed by atoms with Gasteiger partial charge >= 0.3 is 0 Å². The Bertz CT molecular complexity index is 414. The van der Waals surface area contributed by atoms with Crippen LogP contribution in [-0.2, 0) is 0 Å². The van der Waals surface area contributed by atoms with E-state index in [0.29, 0.717) is 5.92 Å². The Kier molecular flexibility index (Phi) is 3.94. The first-order chi connectivity index (χ1) is 8.19. The summed E-state index contributed by atoms with van der Waals surface area (Å²) >= 11 is 3.55. The van der Waals surface area contributed by atoms with Gasteiger partial charge < -0.3 is 14.8 Å². The van der Waals surface area contributed by atoms with Crippen LogP contribution in [0.15, 0.2) is 10.5 Å². The number of hydrogen-bond donors (Lipinski definition) is 1. The molecule has 1 aliphatic heterocycles. The van der Waals surface area contributed by atoms with Gasteiger partial charge in [-0.1, -0.05) is 0 Å². The molecule has 3 nitrogen and oxygen atoms in total. The zero-order valence-electron chi connectivity index (χ0n) is 10.5. The van der Waals surface area contributed by atoms with Gasteiger partial charge in [-0.2, -0.15) is 0 Å². The van der Waals surface area contributed by atoms with Crippen molar-refractivity contribution >= 4 is 15.9 Å². The number of rotatable bonds is 3. The third-order valence-electron chi connectivity index (χ3n) is 3.39. The van der Waals surface area contributed by atoms with Gasteiger partial charge in [0, 0.05) is 6.54 Å². The van der Waals surface area contributed by atoms with Crippen molar-refractivity contribution in [3.63, 3.8) is 0 Å². The van der Waals surface area contributed by atoms with Gasteiger partial charge in [-0.25, -0.2) is 0 Å². The lowest BCUT2D eigenvalue weighted by molar-refractivity contribution is 0.350. The standard InChI is InChI=1S/C13H18BrNO2/c1-8-10(9-4-5-15-7-9)6-11(14)13(17-3)12(8)16-2/h6,9,15H,4-5,7H2,1-3H3. The van der Waals surface area contributed by atoms with E-state index in [0.717, 1.165) is 29.1 Å². The van der Waals surface area contributed by atoms with Gasteiger partial charge in [-0.15, -0.1) is 0 Å². The van der Waals surface area contributed by atoms with E-state index in [1.165, 1.54) is 17.5 Å². The maximum absolute atomic E-state index is 5.47. The molecule has 1 unspecified atom stereocenters. The average molecular weight is 300 g/mol. The fraction of sp³-hybridized carbons (Fsp3) is 0.538. The maximum Gasteiger partial charge on any atom is 0.175 e. The molecule has 0 spiro atoms. The molecule has 0 bridgehead atoms. The largest absolute Gasteiger partial charge is 0.493 e. The fourth-order valence-corrected chi connectivity index (χ4v) is 3.09. The summed E-state index contributed by atoms with van der Waals surface area (Å²) in [6.45, 7) is 4.24. The van der Waals surface area contributed by atoms with Crippen LogP contribution in [0.3, 0.4) is 0 Å². The van der Waals surface area contributed by atoms with E-state index in [1.54, 1.807) is 14.2 Å². The molecule has 1 saturated heterocycles. The van der Waals surface area contributed by atoms with Crippen molar-refractivity contribution in [2.45, 2.75) is 19.3 Å². The number of halogens is 1. The molecule has 1 N–H and O–H groups in total. The monoisotopic (exact) mass is 299 g/mol. The summed E-state index contributed by atoms with van der Waals surface area (Å²) in [6.07, 6.45) is 1.18. The molecule has 2 rings (SSSR count). The molecule has 0 radical (unpaired) electrons. The summed E-state index contributed by atoms with van der Waals surface area (Å²) < 4.78 is 11.8. The number of nitrogens with one attached hydrogen (secondary N) is 1. The van der Waals surface area contributed by atoms with Crippen LogP contribution in [0.5, 0.6) is 11.5 Å². The highest BCUT2D eigenvalue weighted by Crippen LogP contribution is 2.42. The second-order valence-electron chi connectivity index (χ2n) is 4.33. The lowest BCUT2D eigenvalue weighted by Gasteiger charge is -2.19. The summed E-state index contributed by atoms with van der Waals surface area (Å²) in [5.41, 5.74) is 2.53. The number of ether oxygens (including phenoxy) is 2. The molecule has 1 aromatic rings. The van der Waals surface area contributed by atoms with Crippen molar-refractivity contribution in [2.24, 2.45) is 0 Å². The van der Waals surface area contributed by atoms with Crippen LogP contribution in [0.2, 0.25) is 0 Å². The molecule has 1 atom stereocenters. The number of hydrogen-bond acceptors (Lipinski definition) is 3. The number of benzene rings is 1. The maximum atomic E-state index is 5.47. The Labute approximate surface area is 111 Å². The van der Waals surface area contributed by atoms with Gasteiger partial charge in [0.05, 0.1) is 18.7 Å². The van der Waals surface area contributed by atoms with E-state index in [9.17, 15) is 0 Å². The van der Waals surface area contributed by atoms with Crippen LogP contribution in [-0.4, -0.2) is 27.3 Å². The van der Waals surface area contributed by atoms with Crippen molar-refractivity contribution in [3.8, 4) is 11.5 Å². The molecule has 17 heavy (non-hydrogen) atoms. The van der Waals surface area contributed by atoms with E-state index in [2.05, 4.69) is 34.2 Å². The highest BCUT2D eigenvalue weighted by Gasteiger charge is 2.23. The topological polar surface area (TPSA) is 30.5 Å². The molecular formula is C13H18BrNO2. The lowest BCUT2D eigenvalue weighted by Crippen LogP contribution is -2.09. The summed E-state index contributed by atoms with van der Waals surface area (Å²) in [7, 11) is 3.35. The number of methoxy groups -OCH3 is 2. The Hall–Kier alpha value is -0.740. The normalized spacial score (nSPS) is 19.4. The van der Waals surface area contributed by atoms with Crippen LogP contribution < -0.4 is 14.8 Å². The Morgan fingerprint density at radius 3 is 2.53 bits per heavy atom. The van der Waals surface area contributed by atoms with Crippen LogP contribution in [0.1, 0.15) is 23.5 Å². The van der Waals surface area contributed by atoms with Gasteiger partial charge in [-0.05, 0) is 58.9 Å². The Morgan fingerprint density at radius 2 is 2.00 bits per heavy atom. The van der Waals surface area contributed by atoms with Crippen LogP contribution in [0.25, 0.3) is 0 Å². The van der Waals surface area contributed by atoms with Crippen molar-refractivity contribution in [3.05, 3.63) is 21.7 Å². The Morgan fingerprint density at radius 1 is 1.29 bits per heavy atom. The molecule has 0 amide bonds. The smallest absolute Gasteiger partial charge is 0.175 e. The van der Waals surface area contributed by atoms with E-state index in [-0.39, 0.29) is 0 Å². The van der Waals surface area contributed by atoms with Crippen LogP contribution in [0, 0.1) is 6.92 Å². The first-order valence-electron chi connectivity index (χ1n) is 5.80. The van der Waals surface area contributed by atoms with Crippen molar-refractivity contribution < 1.29 is 9.47 Å². The van der Waals surface area contributed by atoms with E-state index in [4.69, 9.17) is 9.47 Å². The molecular weight excluding hydrogens is 282 g/mol. The van der Waals surface area contributed by atoms with Gasteiger partial charge in [0.2, 0.25) is 0 Å². The second-order valence-corrected chi connectivity index (χ2v) is 5.18. The van der Waals surface area contributed by atoms with Crippen molar-refractivity contribution in [2.75, 3.05) is 27.3 Å². The lowest BCUT2D eigenvalue weighted by atomic mass is 9.93. The van der Waals surface area contributed by atoms with Gasteiger partial charge in [0.25, 0.3) is 0 Å². The third kappa shape index (κ3) is 2.29. The molecule has 4 heteroatoms. The first kappa shape index (κ1) is 12.7. The van der Waals surface area contributed by atoms with Gasteiger partial charge in [0.15, 0.2) is 11.5 Å². The quantitative estimate of drug-likeness (QED) is 0.931. The fourth-order valence-electron chi connectivity index (χ4n) is 2.50. The molecule has 0 aromatic heterocycles. The second kappa shape index (κ2) is 5.27. The molecule has 1 heterocycles. The highest BCUT2D eigenvalue weighted by atomic mass is 79.9. The predicted molar refractivity (Wildman–Crippen MR) is 72.2 cm³/mol. The average Bonchev–Trinajstić information content (AvgIpc) is 2.84. The SMILES string of the molecule is COc1c(Br)cc(C2CCNC2)c(C)c1OC. The molecule has 1 aliphatic rings. The summed E-state index contributed by atoms with van der Waals surface area (Å²) in [5.74, 6) is 2.19. The van der Waals surface area contributed by atoms with Crippen molar-refractivity contribution in [1.29, 1.82) is 0 Å². The van der Waals surface area contributed by atoms with E-state index in [1.807, 2.05) is 0 Å². The Balaban J connectivity index is 2.50. The third-order valence-corrected chi connectivity index (χ3v) is 3.98. The minimum Gasteiger partial charge on any atom is -0.493 e. The predicted octanol–water partition coefficient (Wildman–Crippen LogP) is 2.85. The molecule has 1 fully saturated rings. The minimum atomic E-state index is 0.575. The van der Waals surface area contributed by atoms with Crippen LogP contribution >= 0.6 is 15.9 Å². The highest BCUT2D eigenvalue weighted by molar-refractivity contribution is 9.10. The zero-order chi connectivity index (χ0) is 12.4. The van der Waals surface area contributed by atoms with Gasteiger partial charge in [0.1, 0.15) is 0 Å². The summed E-state index contributed by atoms with van der Waals surface area (Å²) in [6, 6.07) is 2.16. The van der Waals surface area contributed by atoms with Crippen LogP contribution in [0.4, 0.5) is 0 Å². The van der Waals surface area contributed by atoms with E-state index < -0.39 is 0 Å². The van der Waals surface area contributed by atoms with E-state index >= 15 is 0 Å². The van der Waals surface area contributed by atoms with Gasteiger partial charge in [-0.3, -0.25) is 0 Å².